The summed E-state index contributed by atoms with van der Waals surface area (Å²) >= 11 is 5.60. The molecule has 0 radical (unpaired) electrons. The molecular formula is C9H8ClF4N. The highest BCUT2D eigenvalue weighted by Gasteiger charge is 2.36. The summed E-state index contributed by atoms with van der Waals surface area (Å²) in [5, 5.41) is 0.0797. The van der Waals surface area contributed by atoms with Crippen molar-refractivity contribution in [2.75, 3.05) is 0 Å². The van der Waals surface area contributed by atoms with E-state index in [1.54, 1.807) is 0 Å². The van der Waals surface area contributed by atoms with Crippen molar-refractivity contribution in [2.24, 2.45) is 5.73 Å². The Bertz CT molecular complexity index is 350. The highest BCUT2D eigenvalue weighted by molar-refractivity contribution is 6.31. The maximum Gasteiger partial charge on any atom is 0.403 e. The van der Waals surface area contributed by atoms with E-state index in [0.29, 0.717) is 0 Å². The van der Waals surface area contributed by atoms with Gasteiger partial charge in [-0.2, -0.15) is 13.2 Å². The molecule has 1 aromatic rings. The van der Waals surface area contributed by atoms with E-state index < -0.39 is 24.5 Å². The van der Waals surface area contributed by atoms with Crippen molar-refractivity contribution in [3.63, 3.8) is 0 Å². The Morgan fingerprint density at radius 2 is 1.93 bits per heavy atom. The Balaban J connectivity index is 2.85. The zero-order valence-electron chi connectivity index (χ0n) is 7.48. The van der Waals surface area contributed by atoms with E-state index in [2.05, 4.69) is 0 Å². The van der Waals surface area contributed by atoms with E-state index in [0.717, 1.165) is 12.1 Å². The average molecular weight is 242 g/mol. The van der Waals surface area contributed by atoms with Crippen LogP contribution in [0.4, 0.5) is 17.6 Å². The Morgan fingerprint density at radius 1 is 1.33 bits per heavy atom. The number of hydrogen-bond acceptors (Lipinski definition) is 1. The summed E-state index contributed by atoms with van der Waals surface area (Å²) < 4.78 is 49.0. The first-order valence-electron chi connectivity index (χ1n) is 4.07. The molecule has 1 unspecified atom stereocenters. The minimum absolute atomic E-state index is 0.0569. The van der Waals surface area contributed by atoms with Crippen LogP contribution in [0.25, 0.3) is 0 Å². The fourth-order valence-electron chi connectivity index (χ4n) is 1.05. The summed E-state index contributed by atoms with van der Waals surface area (Å²) in [5.74, 6) is -0.635. The van der Waals surface area contributed by atoms with E-state index in [1.165, 1.54) is 6.07 Å². The maximum absolute atomic E-state index is 12.7. The molecular weight excluding hydrogens is 234 g/mol. The highest BCUT2D eigenvalue weighted by atomic mass is 35.5. The van der Waals surface area contributed by atoms with Gasteiger partial charge in [0, 0.05) is 5.02 Å². The molecule has 6 heteroatoms. The van der Waals surface area contributed by atoms with E-state index >= 15 is 0 Å². The van der Waals surface area contributed by atoms with Gasteiger partial charge in [-0.3, -0.25) is 0 Å². The summed E-state index contributed by atoms with van der Waals surface area (Å²) in [6, 6.07) is 1.20. The van der Waals surface area contributed by atoms with Crippen molar-refractivity contribution < 1.29 is 17.6 Å². The van der Waals surface area contributed by atoms with E-state index in [9.17, 15) is 17.6 Å². The van der Waals surface area contributed by atoms with Gasteiger partial charge in [-0.15, -0.1) is 0 Å². The Labute approximate surface area is 88.8 Å². The molecule has 84 valence electrons. The van der Waals surface area contributed by atoms with Gasteiger partial charge in [0.1, 0.15) is 11.9 Å². The molecule has 0 aliphatic heterocycles. The second-order valence-corrected chi connectivity index (χ2v) is 3.50. The number of hydrogen-bond donors (Lipinski definition) is 1. The lowest BCUT2D eigenvalue weighted by Crippen LogP contribution is -2.39. The van der Waals surface area contributed by atoms with Crippen molar-refractivity contribution >= 4 is 11.6 Å². The lowest BCUT2D eigenvalue weighted by atomic mass is 10.1. The van der Waals surface area contributed by atoms with Crippen LogP contribution in [0.1, 0.15) is 5.56 Å². The SMILES string of the molecule is NC(Cc1cc(F)ccc1Cl)C(F)(F)F. The topological polar surface area (TPSA) is 26.0 Å². The minimum Gasteiger partial charge on any atom is -0.320 e. The molecule has 2 N–H and O–H groups in total. The van der Waals surface area contributed by atoms with Gasteiger partial charge in [0.25, 0.3) is 0 Å². The maximum atomic E-state index is 12.7. The predicted octanol–water partition coefficient (Wildman–Crippen LogP) is 2.91. The number of benzene rings is 1. The molecule has 0 saturated carbocycles. The van der Waals surface area contributed by atoms with Crippen LogP contribution in [0.3, 0.4) is 0 Å². The van der Waals surface area contributed by atoms with Gasteiger partial charge >= 0.3 is 6.18 Å². The van der Waals surface area contributed by atoms with Crippen molar-refractivity contribution in [1.29, 1.82) is 0 Å². The smallest absolute Gasteiger partial charge is 0.320 e. The molecule has 0 bridgehead atoms. The molecule has 1 atom stereocenters. The molecule has 1 aromatic carbocycles. The van der Waals surface area contributed by atoms with Crippen LogP contribution in [-0.2, 0) is 6.42 Å². The van der Waals surface area contributed by atoms with Crippen molar-refractivity contribution in [2.45, 2.75) is 18.6 Å². The second kappa shape index (κ2) is 4.37. The number of alkyl halides is 3. The van der Waals surface area contributed by atoms with Crippen LogP contribution in [0.5, 0.6) is 0 Å². The molecule has 15 heavy (non-hydrogen) atoms. The van der Waals surface area contributed by atoms with E-state index in [1.807, 2.05) is 0 Å². The van der Waals surface area contributed by atoms with Gasteiger partial charge in [0.2, 0.25) is 0 Å². The van der Waals surface area contributed by atoms with Gasteiger partial charge in [-0.25, -0.2) is 4.39 Å². The fraction of sp³-hybridized carbons (Fsp3) is 0.333. The van der Waals surface area contributed by atoms with Crippen LogP contribution in [0.15, 0.2) is 18.2 Å². The average Bonchev–Trinajstić information content (AvgIpc) is 2.09. The van der Waals surface area contributed by atoms with Gasteiger partial charge in [0.15, 0.2) is 0 Å². The summed E-state index contributed by atoms with van der Waals surface area (Å²) in [5.41, 5.74) is 4.95. The van der Waals surface area contributed by atoms with Crippen LogP contribution < -0.4 is 5.73 Å². The van der Waals surface area contributed by atoms with E-state index in [4.69, 9.17) is 17.3 Å². The first-order chi connectivity index (χ1) is 6.80. The monoisotopic (exact) mass is 241 g/mol. The summed E-state index contributed by atoms with van der Waals surface area (Å²) in [7, 11) is 0. The zero-order valence-corrected chi connectivity index (χ0v) is 8.24. The van der Waals surface area contributed by atoms with Crippen molar-refractivity contribution in [3.05, 3.63) is 34.6 Å². The minimum atomic E-state index is -4.50. The third-order valence-corrected chi connectivity index (χ3v) is 2.24. The first kappa shape index (κ1) is 12.3. The quantitative estimate of drug-likeness (QED) is 0.792. The molecule has 1 rings (SSSR count). The summed E-state index contributed by atoms with van der Waals surface area (Å²) in [6.45, 7) is 0. The van der Waals surface area contributed by atoms with E-state index in [-0.39, 0.29) is 10.6 Å². The molecule has 0 saturated heterocycles. The summed E-state index contributed by atoms with van der Waals surface area (Å²) in [4.78, 5) is 0. The lowest BCUT2D eigenvalue weighted by Gasteiger charge is -2.16. The molecule has 1 nitrogen and oxygen atoms in total. The summed E-state index contributed by atoms with van der Waals surface area (Å²) in [6.07, 6.45) is -5.03. The third-order valence-electron chi connectivity index (χ3n) is 1.87. The lowest BCUT2D eigenvalue weighted by molar-refractivity contribution is -0.147. The Morgan fingerprint density at radius 3 is 2.47 bits per heavy atom. The number of nitrogens with two attached hydrogens (primary N) is 1. The molecule has 0 heterocycles. The van der Waals surface area contributed by atoms with Gasteiger partial charge in [-0.05, 0) is 30.2 Å². The first-order valence-corrected chi connectivity index (χ1v) is 4.44. The molecule has 0 aromatic heterocycles. The van der Waals surface area contributed by atoms with Crippen molar-refractivity contribution in [3.8, 4) is 0 Å². The van der Waals surface area contributed by atoms with Gasteiger partial charge in [0.05, 0.1) is 0 Å². The number of rotatable bonds is 2. The highest BCUT2D eigenvalue weighted by Crippen LogP contribution is 2.25. The van der Waals surface area contributed by atoms with Crippen LogP contribution in [-0.4, -0.2) is 12.2 Å². The van der Waals surface area contributed by atoms with Crippen molar-refractivity contribution in [1.82, 2.24) is 0 Å². The Hall–Kier alpha value is -0.810. The molecule has 0 aliphatic carbocycles. The zero-order chi connectivity index (χ0) is 11.6. The Kier molecular flexibility index (Phi) is 3.57. The molecule has 0 amide bonds. The normalized spacial score (nSPS) is 14.0. The standard InChI is InChI=1S/C9H8ClF4N/c10-7-2-1-6(11)3-5(7)4-8(15)9(12,13)14/h1-3,8H,4,15H2. The third kappa shape index (κ3) is 3.35. The predicted molar refractivity (Wildman–Crippen MR) is 49.1 cm³/mol. The number of halogens is 5. The van der Waals surface area contributed by atoms with Crippen LogP contribution >= 0.6 is 11.6 Å². The fourth-order valence-corrected chi connectivity index (χ4v) is 1.25. The van der Waals surface area contributed by atoms with Crippen LogP contribution in [0, 0.1) is 5.82 Å². The van der Waals surface area contributed by atoms with Crippen LogP contribution in [0.2, 0.25) is 5.02 Å². The largest absolute Gasteiger partial charge is 0.403 e. The van der Waals surface area contributed by atoms with Gasteiger partial charge < -0.3 is 5.73 Å². The molecule has 0 fully saturated rings. The second-order valence-electron chi connectivity index (χ2n) is 3.09. The van der Waals surface area contributed by atoms with Gasteiger partial charge in [-0.1, -0.05) is 11.6 Å². The molecule has 0 aliphatic rings. The molecule has 0 spiro atoms.